The minimum absolute atomic E-state index is 0.136. The third-order valence-electron chi connectivity index (χ3n) is 16.6. The molecule has 0 saturated carbocycles. The van der Waals surface area contributed by atoms with Crippen LogP contribution in [0.25, 0.3) is 122 Å². The van der Waals surface area contributed by atoms with Crippen molar-refractivity contribution in [1.82, 2.24) is 18.7 Å². The number of benzene rings is 10. The Bertz CT molecular complexity index is 5840. The molecule has 6 heteroatoms. The Morgan fingerprint density at radius 3 is 1.87 bits per heavy atom. The van der Waals surface area contributed by atoms with Crippen molar-refractivity contribution in [2.45, 2.75) is 77.2 Å². The quantitative estimate of drug-likeness (QED) is 0.123. The molecule has 0 fully saturated rings. The van der Waals surface area contributed by atoms with E-state index in [1.54, 1.807) is 12.1 Å². The number of pyridine rings is 1. The van der Waals surface area contributed by atoms with Crippen LogP contribution in [0.2, 0.25) is 0 Å². The third-order valence-corrected chi connectivity index (χ3v) is 16.6. The second kappa shape index (κ2) is 18.4. The standard InChI is InChI=1S/C78H63N5O/c1-76(2,3)51-39-42-79-73(45-51)83-69-30-15-12-25-60(69)61-37-35-54(47-72(61)83)84-53-20-16-19-52(46-53)80-48-81-74-62(26-17-31-70(74)80)56-22-9-8-21-55(56)57-36-33-49(50-34-38-65-66(44-50)78(6,7)41-40-77(65,4)5)43-64(57)63-27-18-32-71(75(63)81)82-67-28-13-10-23-58(67)59-24-11-14-29-68(59)82/h8-39,42-47H,40-41H2,1-7H3/i4D3,5D3,6D3,7D3,34D,38D,40D2,41D2,44D. The van der Waals surface area contributed by atoms with Crippen LogP contribution in [0, 0.1) is 6.33 Å². The van der Waals surface area contributed by atoms with Gasteiger partial charge in [-0.2, -0.15) is 0 Å². The third kappa shape index (κ3) is 7.69. The summed E-state index contributed by atoms with van der Waals surface area (Å²) in [5.41, 5.74) is -0.949. The Balaban J connectivity index is 0.962. The van der Waals surface area contributed by atoms with Crippen LogP contribution in [-0.2, 0) is 16.2 Å². The van der Waals surface area contributed by atoms with Crippen LogP contribution in [0.4, 0.5) is 0 Å². The fourth-order valence-corrected chi connectivity index (χ4v) is 12.7. The summed E-state index contributed by atoms with van der Waals surface area (Å²) < 4.78 is 191. The van der Waals surface area contributed by atoms with Gasteiger partial charge in [-0.15, -0.1) is 0 Å². The highest BCUT2D eigenvalue weighted by Crippen LogP contribution is 2.50. The smallest absolute Gasteiger partial charge is 0.269 e. The molecule has 2 aliphatic rings. The molecule has 0 bridgehead atoms. The van der Waals surface area contributed by atoms with E-state index in [0.717, 1.165) is 66.1 Å². The Kier molecular flexibility index (Phi) is 7.43. The molecule has 4 aromatic heterocycles. The number of rotatable bonds is 6. The molecule has 0 radical (unpaired) electrons. The van der Waals surface area contributed by atoms with E-state index in [2.05, 4.69) is 60.5 Å². The van der Waals surface area contributed by atoms with Crippen LogP contribution in [0.15, 0.2) is 231 Å². The molecule has 5 heterocycles. The first-order valence-electron chi connectivity index (χ1n) is 37.4. The fraction of sp³-hybridized carbons (Fsp3) is 0.154. The maximum Gasteiger partial charge on any atom is 0.269 e. The van der Waals surface area contributed by atoms with Crippen LogP contribution in [0.5, 0.6) is 11.5 Å². The average Bonchev–Trinajstić information content (AvgIpc) is 1.22. The SMILES string of the molecule is [2H]c1c([2H])c2c(c([2H])c1-c1ccc3c(c1)-c1cccc(-n4c5ccccc5c5ccccc54)c1-[n+]1[c-]n(-c4cccc(Oc5ccc6c7ccccc7n(-c7cc(C(C)(C)C)ccn7)c6c5)c4)c4cccc(c41)-c1ccccc1-3)C(C([2H])([2H])[2H])(C([2H])([2H])[2H])C([2H])([2H])C([2H])([2H])C2(C([2H])([2H])[2H])C([2H])([2H])[2H]. The van der Waals surface area contributed by atoms with Crippen molar-refractivity contribution in [2.24, 2.45) is 0 Å². The summed E-state index contributed by atoms with van der Waals surface area (Å²) in [7, 11) is 0. The zero-order chi connectivity index (χ0) is 73.0. The van der Waals surface area contributed by atoms with Gasteiger partial charge in [-0.05, 0) is 163 Å². The zero-order valence-electron chi connectivity index (χ0n) is 64.9. The van der Waals surface area contributed by atoms with Crippen molar-refractivity contribution in [3.63, 3.8) is 0 Å². The predicted molar refractivity (Wildman–Crippen MR) is 346 cm³/mol. The van der Waals surface area contributed by atoms with Crippen molar-refractivity contribution in [1.29, 1.82) is 0 Å². The highest BCUT2D eigenvalue weighted by atomic mass is 16.5. The highest BCUT2D eigenvalue weighted by molar-refractivity contribution is 6.11. The number of hydrogen-bond donors (Lipinski definition) is 0. The summed E-state index contributed by atoms with van der Waals surface area (Å²) in [5.74, 6) is 1.85. The van der Waals surface area contributed by atoms with Crippen LogP contribution in [0.3, 0.4) is 0 Å². The number of hydrogen-bond acceptors (Lipinski definition) is 2. The number of fused-ring (bicyclic) bond motifs is 14. The van der Waals surface area contributed by atoms with Gasteiger partial charge >= 0.3 is 0 Å². The maximum atomic E-state index is 10.3. The molecule has 0 saturated heterocycles. The number of imidazole rings is 1. The molecule has 406 valence electrons. The van der Waals surface area contributed by atoms with E-state index in [1.165, 1.54) is 6.07 Å². The van der Waals surface area contributed by atoms with Crippen molar-refractivity contribution in [3.8, 4) is 78.9 Å². The largest absolute Gasteiger partial charge is 0.458 e. The van der Waals surface area contributed by atoms with Gasteiger partial charge in [0, 0.05) is 55.7 Å². The molecule has 0 spiro atoms. The summed E-state index contributed by atoms with van der Waals surface area (Å²) in [6, 6.07) is 62.5. The van der Waals surface area contributed by atoms with Crippen LogP contribution in [-0.4, -0.2) is 18.7 Å². The minimum atomic E-state index is -4.50. The molecule has 1 aliphatic carbocycles. The second-order valence-corrected chi connectivity index (χ2v) is 22.8. The van der Waals surface area contributed by atoms with Gasteiger partial charge in [0.05, 0.1) is 54.3 Å². The molecular weight excluding hydrogens is 1020 g/mol. The molecular formula is C78H63N5O. The predicted octanol–water partition coefficient (Wildman–Crippen LogP) is 19.7. The molecule has 16 rings (SSSR count). The molecule has 0 atom stereocenters. The fourth-order valence-electron chi connectivity index (χ4n) is 12.7. The topological polar surface area (TPSA) is 40.8 Å². The lowest BCUT2D eigenvalue weighted by Gasteiger charge is -2.42. The van der Waals surface area contributed by atoms with Crippen molar-refractivity contribution in [2.75, 3.05) is 0 Å². The molecule has 10 aromatic carbocycles. The van der Waals surface area contributed by atoms with Crippen molar-refractivity contribution in [3.05, 3.63) is 254 Å². The van der Waals surface area contributed by atoms with E-state index in [-0.39, 0.29) is 11.0 Å². The number of nitrogens with zero attached hydrogens (tertiary/aromatic N) is 5. The van der Waals surface area contributed by atoms with E-state index in [1.807, 2.05) is 179 Å². The first-order valence-corrected chi connectivity index (χ1v) is 27.9. The van der Waals surface area contributed by atoms with E-state index in [9.17, 15) is 9.60 Å². The molecule has 6 nitrogen and oxygen atoms in total. The van der Waals surface area contributed by atoms with Gasteiger partial charge < -0.3 is 9.30 Å². The summed E-state index contributed by atoms with van der Waals surface area (Å²) in [6.45, 7) is -10.4. The van der Waals surface area contributed by atoms with Gasteiger partial charge in [0.25, 0.3) is 6.33 Å². The Morgan fingerprint density at radius 2 is 1.13 bits per heavy atom. The van der Waals surface area contributed by atoms with Gasteiger partial charge in [0.1, 0.15) is 17.3 Å². The minimum Gasteiger partial charge on any atom is -0.458 e. The summed E-state index contributed by atoms with van der Waals surface area (Å²) in [6.07, 6.45) is -3.32. The lowest BCUT2D eigenvalue weighted by atomic mass is 9.63. The van der Waals surface area contributed by atoms with Gasteiger partial charge in [0.15, 0.2) is 0 Å². The van der Waals surface area contributed by atoms with Crippen molar-refractivity contribution < 1.29 is 35.3 Å². The molecule has 0 unspecified atom stereocenters. The summed E-state index contributed by atoms with van der Waals surface area (Å²) >= 11 is 0. The summed E-state index contributed by atoms with van der Waals surface area (Å²) in [5, 5.41) is 3.97. The number of para-hydroxylation sites is 5. The molecule has 84 heavy (non-hydrogen) atoms. The van der Waals surface area contributed by atoms with Gasteiger partial charge in [-0.25, -0.2) is 4.98 Å². The van der Waals surface area contributed by atoms with Crippen LogP contribution >= 0.6 is 0 Å². The lowest BCUT2D eigenvalue weighted by Crippen LogP contribution is -2.33. The highest BCUT2D eigenvalue weighted by Gasteiger charge is 2.37. The van der Waals surface area contributed by atoms with E-state index in [0.29, 0.717) is 61.8 Å². The Morgan fingerprint density at radius 1 is 0.524 bits per heavy atom. The maximum absolute atomic E-state index is 10.3. The van der Waals surface area contributed by atoms with Crippen LogP contribution < -0.4 is 9.30 Å². The van der Waals surface area contributed by atoms with Gasteiger partial charge in [-0.1, -0.05) is 194 Å². The van der Waals surface area contributed by atoms with Crippen molar-refractivity contribution >= 4 is 54.6 Å². The molecule has 0 amide bonds. The molecule has 1 aliphatic heterocycles. The normalized spacial score (nSPS) is 19.3. The lowest BCUT2D eigenvalue weighted by molar-refractivity contribution is -0.571. The first-order chi connectivity index (χ1) is 48.6. The van der Waals surface area contributed by atoms with Gasteiger partial charge in [0.2, 0.25) is 0 Å². The average molecular weight is 1110 g/mol. The van der Waals surface area contributed by atoms with Gasteiger partial charge in [-0.3, -0.25) is 13.7 Å². The summed E-state index contributed by atoms with van der Waals surface area (Å²) in [4.78, 5) is 4.89. The Hall–Kier alpha value is -9.78. The second-order valence-electron chi connectivity index (χ2n) is 22.8. The number of aromatic nitrogens is 5. The number of ether oxygens (including phenoxy) is 1. The van der Waals surface area contributed by atoms with E-state index >= 15 is 0 Å². The monoisotopic (exact) mass is 1100 g/mol. The van der Waals surface area contributed by atoms with E-state index in [4.69, 9.17) is 26.2 Å². The first kappa shape index (κ1) is 34.0. The molecule has 0 N–H and O–H groups in total. The molecule has 14 aromatic rings. The van der Waals surface area contributed by atoms with Crippen LogP contribution in [0.1, 0.15) is 104 Å². The zero-order valence-corrected chi connectivity index (χ0v) is 45.9. The van der Waals surface area contributed by atoms with E-state index < -0.39 is 85.8 Å². The Labute approximate surface area is 516 Å².